The van der Waals surface area contributed by atoms with E-state index in [1.165, 1.54) is 23.1 Å². The molecule has 0 unspecified atom stereocenters. The molecule has 32 heavy (non-hydrogen) atoms. The summed E-state index contributed by atoms with van der Waals surface area (Å²) in [4.78, 5) is 41.5. The van der Waals surface area contributed by atoms with E-state index in [1.807, 2.05) is 0 Å². The highest BCUT2D eigenvalue weighted by Crippen LogP contribution is 2.23. The van der Waals surface area contributed by atoms with Crippen LogP contribution in [0.1, 0.15) is 34.3 Å². The second-order valence-electron chi connectivity index (χ2n) is 7.28. The minimum absolute atomic E-state index is 0.163. The molecular formula is C24H20FN3O4. The van der Waals surface area contributed by atoms with E-state index in [0.29, 0.717) is 16.9 Å². The maximum atomic E-state index is 13.4. The third-order valence-electron chi connectivity index (χ3n) is 5.01. The summed E-state index contributed by atoms with van der Waals surface area (Å²) < 4.78 is 19.1. The Morgan fingerprint density at radius 1 is 1.03 bits per heavy atom. The largest absolute Gasteiger partial charge is 0.439 e. The summed E-state index contributed by atoms with van der Waals surface area (Å²) in [5, 5.41) is 2.81. The Morgan fingerprint density at radius 3 is 2.50 bits per heavy atom. The number of amides is 3. The van der Waals surface area contributed by atoms with Crippen molar-refractivity contribution in [2.75, 3.05) is 0 Å². The van der Waals surface area contributed by atoms with E-state index in [1.54, 1.807) is 48.7 Å². The summed E-state index contributed by atoms with van der Waals surface area (Å²) >= 11 is 0. The van der Waals surface area contributed by atoms with Gasteiger partial charge in [-0.15, -0.1) is 0 Å². The number of aromatic nitrogens is 1. The monoisotopic (exact) mass is 433 g/mol. The van der Waals surface area contributed by atoms with Crippen molar-refractivity contribution >= 4 is 17.7 Å². The van der Waals surface area contributed by atoms with Gasteiger partial charge >= 0.3 is 0 Å². The number of nitrogens with one attached hydrogen (secondary N) is 1. The minimum atomic E-state index is -0.421. The Hall–Kier alpha value is -4.07. The second kappa shape index (κ2) is 9.38. The number of carbonyl (C=O) groups excluding carboxylic acids is 3. The van der Waals surface area contributed by atoms with E-state index in [9.17, 15) is 18.8 Å². The van der Waals surface area contributed by atoms with Gasteiger partial charge in [-0.3, -0.25) is 19.3 Å². The van der Waals surface area contributed by atoms with Crippen LogP contribution < -0.4 is 10.1 Å². The zero-order valence-corrected chi connectivity index (χ0v) is 17.1. The number of carbonyl (C=O) groups is 3. The lowest BCUT2D eigenvalue weighted by atomic mass is 10.1. The fourth-order valence-corrected chi connectivity index (χ4v) is 3.31. The fourth-order valence-electron chi connectivity index (χ4n) is 3.31. The second-order valence-corrected chi connectivity index (χ2v) is 7.28. The van der Waals surface area contributed by atoms with E-state index in [4.69, 9.17) is 4.74 Å². The Bertz CT molecular complexity index is 1150. The van der Waals surface area contributed by atoms with Gasteiger partial charge in [-0.25, -0.2) is 9.37 Å². The third kappa shape index (κ3) is 4.97. The van der Waals surface area contributed by atoms with Gasteiger partial charge in [-0.2, -0.15) is 0 Å². The summed E-state index contributed by atoms with van der Waals surface area (Å²) in [5.41, 5.74) is 1.83. The molecule has 0 bridgehead atoms. The van der Waals surface area contributed by atoms with Gasteiger partial charge in [0.05, 0.1) is 6.54 Å². The highest BCUT2D eigenvalue weighted by molar-refractivity contribution is 6.01. The lowest BCUT2D eigenvalue weighted by Crippen LogP contribution is -2.28. The molecule has 0 atom stereocenters. The molecule has 1 N–H and O–H groups in total. The normalized spacial score (nSPS) is 13.3. The highest BCUT2D eigenvalue weighted by Gasteiger charge is 2.28. The van der Waals surface area contributed by atoms with E-state index in [0.717, 1.165) is 5.56 Å². The first kappa shape index (κ1) is 21.2. The predicted molar refractivity (Wildman–Crippen MR) is 113 cm³/mol. The van der Waals surface area contributed by atoms with E-state index in [2.05, 4.69) is 10.3 Å². The third-order valence-corrected chi connectivity index (χ3v) is 5.01. The molecule has 3 aromatic rings. The SMILES string of the molecule is O=C(NCc1cccnc1Oc1cccc(F)c1)c1ccc(CN2C(=O)CCC2=O)cc1. The molecule has 1 aromatic heterocycles. The zero-order chi connectivity index (χ0) is 22.5. The molecule has 4 rings (SSSR count). The Balaban J connectivity index is 1.38. The predicted octanol–water partition coefficient (Wildman–Crippen LogP) is 3.59. The maximum absolute atomic E-state index is 13.4. The molecule has 8 heteroatoms. The molecule has 2 aromatic carbocycles. The first-order valence-corrected chi connectivity index (χ1v) is 10.1. The molecule has 1 fully saturated rings. The lowest BCUT2D eigenvalue weighted by molar-refractivity contribution is -0.139. The Labute approximate surface area is 183 Å². The van der Waals surface area contributed by atoms with Gasteiger partial charge in [0.2, 0.25) is 17.7 Å². The van der Waals surface area contributed by atoms with Crippen LogP contribution in [0.15, 0.2) is 66.9 Å². The van der Waals surface area contributed by atoms with Crippen molar-refractivity contribution in [2.45, 2.75) is 25.9 Å². The average Bonchev–Trinajstić information content (AvgIpc) is 3.11. The van der Waals surface area contributed by atoms with Crippen molar-refractivity contribution in [2.24, 2.45) is 0 Å². The maximum Gasteiger partial charge on any atom is 0.251 e. The molecule has 0 saturated carbocycles. The van der Waals surface area contributed by atoms with Gasteiger partial charge in [-0.1, -0.05) is 24.3 Å². The Morgan fingerprint density at radius 2 is 1.78 bits per heavy atom. The van der Waals surface area contributed by atoms with E-state index < -0.39 is 5.82 Å². The van der Waals surface area contributed by atoms with Crippen LogP contribution in [-0.4, -0.2) is 27.6 Å². The molecule has 0 aliphatic carbocycles. The molecule has 2 heterocycles. The molecule has 1 aliphatic heterocycles. The van der Waals surface area contributed by atoms with Crippen molar-refractivity contribution in [3.8, 4) is 11.6 Å². The van der Waals surface area contributed by atoms with Crippen LogP contribution in [0, 0.1) is 5.82 Å². The van der Waals surface area contributed by atoms with Crippen LogP contribution in [0.2, 0.25) is 0 Å². The number of hydrogen-bond acceptors (Lipinski definition) is 5. The number of imide groups is 1. The van der Waals surface area contributed by atoms with Crippen LogP contribution in [0.3, 0.4) is 0 Å². The van der Waals surface area contributed by atoms with Crippen LogP contribution in [0.25, 0.3) is 0 Å². The number of rotatable bonds is 7. The minimum Gasteiger partial charge on any atom is -0.439 e. The average molecular weight is 433 g/mol. The van der Waals surface area contributed by atoms with E-state index >= 15 is 0 Å². The van der Waals surface area contributed by atoms with Crippen LogP contribution in [-0.2, 0) is 22.7 Å². The fraction of sp³-hybridized carbons (Fsp3) is 0.167. The standard InChI is InChI=1S/C24H20FN3O4/c25-19-4-1-5-20(13-19)32-24-18(3-2-12-26-24)14-27-23(31)17-8-6-16(7-9-17)15-28-21(29)10-11-22(28)30/h1-9,12-13H,10-11,14-15H2,(H,27,31). The highest BCUT2D eigenvalue weighted by atomic mass is 19.1. The smallest absolute Gasteiger partial charge is 0.251 e. The number of nitrogens with zero attached hydrogens (tertiary/aromatic N) is 2. The van der Waals surface area contributed by atoms with Gasteiger partial charge in [0.15, 0.2) is 0 Å². The molecule has 1 aliphatic rings. The summed E-state index contributed by atoms with van der Waals surface area (Å²) in [6.07, 6.45) is 2.05. The van der Waals surface area contributed by atoms with Crippen LogP contribution in [0.4, 0.5) is 4.39 Å². The first-order valence-electron chi connectivity index (χ1n) is 10.1. The zero-order valence-electron chi connectivity index (χ0n) is 17.1. The number of ether oxygens (including phenoxy) is 1. The van der Waals surface area contributed by atoms with Crippen molar-refractivity contribution in [3.63, 3.8) is 0 Å². The van der Waals surface area contributed by atoms with Gasteiger partial charge in [-0.05, 0) is 35.9 Å². The molecule has 162 valence electrons. The van der Waals surface area contributed by atoms with Gasteiger partial charge < -0.3 is 10.1 Å². The molecule has 0 radical (unpaired) electrons. The summed E-state index contributed by atoms with van der Waals surface area (Å²) in [6.45, 7) is 0.367. The molecule has 3 amide bonds. The molecule has 1 saturated heterocycles. The van der Waals surface area contributed by atoms with Crippen LogP contribution >= 0.6 is 0 Å². The summed E-state index contributed by atoms with van der Waals surface area (Å²) in [5.74, 6) is -0.495. The topological polar surface area (TPSA) is 88.6 Å². The van der Waals surface area contributed by atoms with Crippen molar-refractivity contribution < 1.29 is 23.5 Å². The summed E-state index contributed by atoms with van der Waals surface area (Å²) in [7, 11) is 0. The van der Waals surface area contributed by atoms with E-state index in [-0.39, 0.29) is 49.5 Å². The number of pyridine rings is 1. The van der Waals surface area contributed by atoms with Gasteiger partial charge in [0.25, 0.3) is 5.91 Å². The number of benzene rings is 2. The quantitative estimate of drug-likeness (QED) is 0.576. The molecule has 0 spiro atoms. The first-order chi connectivity index (χ1) is 15.5. The molecule has 7 nitrogen and oxygen atoms in total. The van der Waals surface area contributed by atoms with Gasteiger partial charge in [0, 0.05) is 42.8 Å². The van der Waals surface area contributed by atoms with Crippen molar-refractivity contribution in [1.29, 1.82) is 0 Å². The van der Waals surface area contributed by atoms with Crippen molar-refractivity contribution in [1.82, 2.24) is 15.2 Å². The lowest BCUT2D eigenvalue weighted by Gasteiger charge is -2.14. The van der Waals surface area contributed by atoms with Crippen molar-refractivity contribution in [3.05, 3.63) is 89.4 Å². The molecular weight excluding hydrogens is 413 g/mol. The van der Waals surface area contributed by atoms with Gasteiger partial charge in [0.1, 0.15) is 11.6 Å². The van der Waals surface area contributed by atoms with Crippen LogP contribution in [0.5, 0.6) is 11.6 Å². The number of hydrogen-bond donors (Lipinski definition) is 1. The number of halogens is 1. The summed E-state index contributed by atoms with van der Waals surface area (Å²) in [6, 6.07) is 15.9. The number of likely N-dealkylation sites (tertiary alicyclic amines) is 1. The Kier molecular flexibility index (Phi) is 6.21.